The van der Waals surface area contributed by atoms with Gasteiger partial charge in [-0.1, -0.05) is 64.3 Å². The first-order valence-corrected chi connectivity index (χ1v) is 10.5. The van der Waals surface area contributed by atoms with Crippen LogP contribution in [0.15, 0.2) is 36.4 Å². The Labute approximate surface area is 165 Å². The predicted octanol–water partition coefficient (Wildman–Crippen LogP) is 6.65. The standard InChI is InChI=1S/C25H36O2/c1-6-11-19-16-17-24(22(13-8-3)21(19)12-7-2)27-25(4,5)18-20-14-9-10-15-23(20)26/h9-10,14-17,26H,6-8,11-13,18H2,1-5H3. The summed E-state index contributed by atoms with van der Waals surface area (Å²) in [4.78, 5) is 0. The highest BCUT2D eigenvalue weighted by Gasteiger charge is 2.24. The van der Waals surface area contributed by atoms with Gasteiger partial charge in [-0.25, -0.2) is 0 Å². The van der Waals surface area contributed by atoms with E-state index in [1.807, 2.05) is 18.2 Å². The highest BCUT2D eigenvalue weighted by atomic mass is 16.5. The third-order valence-corrected chi connectivity index (χ3v) is 5.00. The zero-order chi connectivity index (χ0) is 19.9. The Morgan fingerprint density at radius 2 is 1.41 bits per heavy atom. The lowest BCUT2D eigenvalue weighted by Crippen LogP contribution is -2.31. The molecule has 0 unspecified atom stereocenters. The van der Waals surface area contributed by atoms with E-state index < -0.39 is 5.60 Å². The van der Waals surface area contributed by atoms with Crippen molar-refractivity contribution in [3.8, 4) is 11.5 Å². The number of rotatable bonds is 10. The Hall–Kier alpha value is -1.96. The zero-order valence-electron chi connectivity index (χ0n) is 17.8. The van der Waals surface area contributed by atoms with Crippen molar-refractivity contribution in [2.24, 2.45) is 0 Å². The quantitative estimate of drug-likeness (QED) is 0.509. The molecule has 148 valence electrons. The molecule has 2 heteroatoms. The van der Waals surface area contributed by atoms with Crippen LogP contribution in [0.3, 0.4) is 0 Å². The molecule has 2 nitrogen and oxygen atoms in total. The van der Waals surface area contributed by atoms with Gasteiger partial charge in [0.1, 0.15) is 17.1 Å². The lowest BCUT2D eigenvalue weighted by Gasteiger charge is -2.29. The van der Waals surface area contributed by atoms with Crippen LogP contribution < -0.4 is 4.74 Å². The van der Waals surface area contributed by atoms with Crippen LogP contribution in [0.2, 0.25) is 0 Å². The van der Waals surface area contributed by atoms with Crippen LogP contribution in [0.25, 0.3) is 0 Å². The minimum Gasteiger partial charge on any atom is -0.508 e. The number of ether oxygens (including phenoxy) is 1. The molecule has 0 spiro atoms. The highest BCUT2D eigenvalue weighted by Crippen LogP contribution is 2.33. The maximum atomic E-state index is 10.1. The van der Waals surface area contributed by atoms with Crippen LogP contribution in [-0.2, 0) is 25.7 Å². The van der Waals surface area contributed by atoms with Gasteiger partial charge in [0.05, 0.1) is 0 Å². The molecule has 2 aromatic rings. The molecular weight excluding hydrogens is 332 g/mol. The molecule has 0 fully saturated rings. The van der Waals surface area contributed by atoms with Crippen LogP contribution in [0.4, 0.5) is 0 Å². The van der Waals surface area contributed by atoms with Crippen LogP contribution in [0, 0.1) is 0 Å². The fourth-order valence-corrected chi connectivity index (χ4v) is 3.86. The molecule has 2 rings (SSSR count). The number of hydrogen-bond acceptors (Lipinski definition) is 2. The van der Waals surface area contributed by atoms with Crippen LogP contribution in [0.1, 0.15) is 76.1 Å². The van der Waals surface area contributed by atoms with Gasteiger partial charge in [-0.05, 0) is 67.5 Å². The SMILES string of the molecule is CCCc1ccc(OC(C)(C)Cc2ccccc2O)c(CCC)c1CCC. The van der Waals surface area contributed by atoms with Gasteiger partial charge in [-0.2, -0.15) is 0 Å². The van der Waals surface area contributed by atoms with E-state index in [9.17, 15) is 5.11 Å². The van der Waals surface area contributed by atoms with E-state index in [0.717, 1.165) is 43.4 Å². The molecule has 1 N–H and O–H groups in total. The number of aryl methyl sites for hydroxylation is 1. The molecule has 0 aromatic heterocycles. The van der Waals surface area contributed by atoms with Gasteiger partial charge in [-0.3, -0.25) is 0 Å². The number of benzene rings is 2. The molecule has 0 amide bonds. The largest absolute Gasteiger partial charge is 0.508 e. The van der Waals surface area contributed by atoms with Gasteiger partial charge in [-0.15, -0.1) is 0 Å². The third kappa shape index (κ3) is 5.76. The predicted molar refractivity (Wildman–Crippen MR) is 115 cm³/mol. The maximum absolute atomic E-state index is 10.1. The molecule has 0 heterocycles. The van der Waals surface area contributed by atoms with Gasteiger partial charge in [0.25, 0.3) is 0 Å². The highest BCUT2D eigenvalue weighted by molar-refractivity contribution is 5.46. The van der Waals surface area contributed by atoms with E-state index in [2.05, 4.69) is 46.8 Å². The van der Waals surface area contributed by atoms with Crippen molar-refractivity contribution >= 4 is 0 Å². The third-order valence-electron chi connectivity index (χ3n) is 5.00. The number of aromatic hydroxyl groups is 1. The summed E-state index contributed by atoms with van der Waals surface area (Å²) in [5.74, 6) is 1.36. The summed E-state index contributed by atoms with van der Waals surface area (Å²) in [6, 6.07) is 12.0. The second kappa shape index (κ2) is 9.82. The van der Waals surface area contributed by atoms with Crippen LogP contribution in [-0.4, -0.2) is 10.7 Å². The molecule has 0 saturated heterocycles. The topological polar surface area (TPSA) is 29.5 Å². The smallest absolute Gasteiger partial charge is 0.123 e. The van der Waals surface area contributed by atoms with Crippen molar-refractivity contribution < 1.29 is 9.84 Å². The van der Waals surface area contributed by atoms with Crippen LogP contribution >= 0.6 is 0 Å². The molecule has 0 radical (unpaired) electrons. The summed E-state index contributed by atoms with van der Waals surface area (Å²) in [5.41, 5.74) is 4.90. The Morgan fingerprint density at radius 3 is 2.04 bits per heavy atom. The monoisotopic (exact) mass is 368 g/mol. The number of phenolic OH excluding ortho intramolecular Hbond substituents is 1. The van der Waals surface area contributed by atoms with Crippen molar-refractivity contribution in [1.29, 1.82) is 0 Å². The van der Waals surface area contributed by atoms with Crippen molar-refractivity contribution in [2.45, 2.75) is 85.2 Å². The molecule has 0 aliphatic rings. The molecule has 2 aromatic carbocycles. The molecule has 27 heavy (non-hydrogen) atoms. The molecular formula is C25H36O2. The first-order chi connectivity index (χ1) is 12.9. The summed E-state index contributed by atoms with van der Waals surface area (Å²) in [7, 11) is 0. The Bertz CT molecular complexity index is 731. The first kappa shape index (κ1) is 21.3. The van der Waals surface area contributed by atoms with Crippen molar-refractivity contribution in [1.82, 2.24) is 0 Å². The van der Waals surface area contributed by atoms with Gasteiger partial charge in [0.2, 0.25) is 0 Å². The maximum Gasteiger partial charge on any atom is 0.123 e. The van der Waals surface area contributed by atoms with Crippen LogP contribution in [0.5, 0.6) is 11.5 Å². The summed E-state index contributed by atoms with van der Waals surface area (Å²) >= 11 is 0. The van der Waals surface area contributed by atoms with E-state index >= 15 is 0 Å². The van der Waals surface area contributed by atoms with Gasteiger partial charge in [0.15, 0.2) is 0 Å². The van der Waals surface area contributed by atoms with Gasteiger partial charge < -0.3 is 9.84 Å². The second-order valence-corrected chi connectivity index (χ2v) is 8.10. The normalized spacial score (nSPS) is 11.6. The fourth-order valence-electron chi connectivity index (χ4n) is 3.86. The van der Waals surface area contributed by atoms with E-state index in [-0.39, 0.29) is 0 Å². The summed E-state index contributed by atoms with van der Waals surface area (Å²) in [6.45, 7) is 10.9. The summed E-state index contributed by atoms with van der Waals surface area (Å²) in [5, 5.41) is 10.1. The Morgan fingerprint density at radius 1 is 0.778 bits per heavy atom. The van der Waals surface area contributed by atoms with E-state index in [1.54, 1.807) is 6.07 Å². The summed E-state index contributed by atoms with van der Waals surface area (Å²) < 4.78 is 6.55. The lowest BCUT2D eigenvalue weighted by atomic mass is 9.91. The van der Waals surface area contributed by atoms with Gasteiger partial charge in [0, 0.05) is 6.42 Å². The minimum absolute atomic E-state index is 0.341. The first-order valence-electron chi connectivity index (χ1n) is 10.5. The molecule has 0 aliphatic heterocycles. The van der Waals surface area contributed by atoms with Crippen molar-refractivity contribution in [3.05, 3.63) is 58.7 Å². The number of para-hydroxylation sites is 1. The molecule has 0 saturated carbocycles. The van der Waals surface area contributed by atoms with E-state index in [0.29, 0.717) is 12.2 Å². The number of hydrogen-bond donors (Lipinski definition) is 1. The van der Waals surface area contributed by atoms with E-state index in [1.165, 1.54) is 23.1 Å². The Kier molecular flexibility index (Phi) is 7.77. The second-order valence-electron chi connectivity index (χ2n) is 8.10. The number of phenols is 1. The summed E-state index contributed by atoms with van der Waals surface area (Å²) in [6.07, 6.45) is 7.40. The molecule has 0 bridgehead atoms. The molecule has 0 atom stereocenters. The van der Waals surface area contributed by atoms with E-state index in [4.69, 9.17) is 4.74 Å². The van der Waals surface area contributed by atoms with Crippen molar-refractivity contribution in [2.75, 3.05) is 0 Å². The Balaban J connectivity index is 2.35. The van der Waals surface area contributed by atoms with Crippen molar-refractivity contribution in [3.63, 3.8) is 0 Å². The van der Waals surface area contributed by atoms with Gasteiger partial charge >= 0.3 is 0 Å². The molecule has 0 aliphatic carbocycles. The average Bonchev–Trinajstić information content (AvgIpc) is 2.62. The zero-order valence-corrected chi connectivity index (χ0v) is 17.8. The average molecular weight is 369 g/mol. The lowest BCUT2D eigenvalue weighted by molar-refractivity contribution is 0.107. The minimum atomic E-state index is -0.392. The fraction of sp³-hybridized carbons (Fsp3) is 0.520.